The van der Waals surface area contributed by atoms with Gasteiger partial charge in [0.05, 0.1) is 21.3 Å². The maximum absolute atomic E-state index is 12.8. The van der Waals surface area contributed by atoms with Gasteiger partial charge < -0.3 is 19.1 Å². The topological polar surface area (TPSA) is 65.1 Å². The lowest BCUT2D eigenvalue weighted by atomic mass is 10.1. The highest BCUT2D eigenvalue weighted by molar-refractivity contribution is 6.30. The second-order valence-electron chi connectivity index (χ2n) is 6.14. The van der Waals surface area contributed by atoms with E-state index in [-0.39, 0.29) is 18.9 Å². The molecule has 0 aromatic heterocycles. The smallest absolute Gasteiger partial charge is 0.325 e. The van der Waals surface area contributed by atoms with Crippen LogP contribution in [-0.4, -0.2) is 44.7 Å². The minimum Gasteiger partial charge on any atom is -0.493 e. The molecule has 0 N–H and O–H groups in total. The van der Waals surface area contributed by atoms with Crippen molar-refractivity contribution in [3.05, 3.63) is 58.6 Å². The van der Waals surface area contributed by atoms with Crippen molar-refractivity contribution in [2.75, 3.05) is 27.9 Å². The lowest BCUT2D eigenvalue weighted by Crippen LogP contribution is -2.35. The standard InChI is InChI=1S/C21H24ClNO5/c1-26-18-10-6-15(12-19(18)27-2)7-11-20(24)23(14-21(25)28-3)13-16-4-8-17(22)9-5-16/h4-6,8-10,12H,7,11,13-14H2,1-3H3. The molecule has 1 amide bonds. The molecule has 0 radical (unpaired) electrons. The molecular formula is C21H24ClNO5. The molecule has 0 saturated carbocycles. The molecule has 0 saturated heterocycles. The lowest BCUT2D eigenvalue weighted by Gasteiger charge is -2.22. The van der Waals surface area contributed by atoms with Gasteiger partial charge in [0.25, 0.3) is 0 Å². The molecule has 0 unspecified atom stereocenters. The Bertz CT molecular complexity index is 807. The number of aryl methyl sites for hydroxylation is 1. The molecule has 0 fully saturated rings. The van der Waals surface area contributed by atoms with Gasteiger partial charge in [-0.2, -0.15) is 0 Å². The second kappa shape index (κ2) is 10.6. The third kappa shape index (κ3) is 6.16. The number of halogens is 1. The Labute approximate surface area is 169 Å². The van der Waals surface area contributed by atoms with Gasteiger partial charge in [0.2, 0.25) is 5.91 Å². The molecule has 0 bridgehead atoms. The third-order valence-corrected chi connectivity index (χ3v) is 4.51. The Morgan fingerprint density at radius 3 is 2.18 bits per heavy atom. The monoisotopic (exact) mass is 405 g/mol. The number of methoxy groups -OCH3 is 3. The number of carbonyl (C=O) groups is 2. The summed E-state index contributed by atoms with van der Waals surface area (Å²) >= 11 is 5.91. The van der Waals surface area contributed by atoms with E-state index in [1.54, 1.807) is 32.4 Å². The molecule has 6 nitrogen and oxygen atoms in total. The van der Waals surface area contributed by atoms with Crippen LogP contribution in [0.25, 0.3) is 0 Å². The van der Waals surface area contributed by atoms with E-state index in [9.17, 15) is 9.59 Å². The summed E-state index contributed by atoms with van der Waals surface area (Å²) in [5.74, 6) is 0.635. The number of ether oxygens (including phenoxy) is 3. The summed E-state index contributed by atoms with van der Waals surface area (Å²) in [6.07, 6.45) is 0.761. The van der Waals surface area contributed by atoms with Crippen LogP contribution in [0.3, 0.4) is 0 Å². The van der Waals surface area contributed by atoms with Gasteiger partial charge in [-0.25, -0.2) is 0 Å². The number of nitrogens with zero attached hydrogens (tertiary/aromatic N) is 1. The van der Waals surface area contributed by atoms with Crippen LogP contribution in [0.4, 0.5) is 0 Å². The van der Waals surface area contributed by atoms with E-state index in [0.717, 1.165) is 11.1 Å². The number of carbonyl (C=O) groups excluding carboxylic acids is 2. The fourth-order valence-corrected chi connectivity index (χ4v) is 2.83. The molecule has 0 atom stereocenters. The average Bonchev–Trinajstić information content (AvgIpc) is 2.72. The third-order valence-electron chi connectivity index (χ3n) is 4.26. The first-order valence-corrected chi connectivity index (χ1v) is 9.14. The summed E-state index contributed by atoms with van der Waals surface area (Å²) < 4.78 is 15.2. The van der Waals surface area contributed by atoms with Crippen LogP contribution in [-0.2, 0) is 27.3 Å². The molecule has 7 heteroatoms. The Morgan fingerprint density at radius 2 is 1.57 bits per heavy atom. The van der Waals surface area contributed by atoms with Crippen molar-refractivity contribution in [1.82, 2.24) is 4.90 Å². The highest BCUT2D eigenvalue weighted by atomic mass is 35.5. The number of rotatable bonds is 9. The first kappa shape index (κ1) is 21.6. The van der Waals surface area contributed by atoms with E-state index in [1.807, 2.05) is 24.3 Å². The zero-order chi connectivity index (χ0) is 20.5. The summed E-state index contributed by atoms with van der Waals surface area (Å²) in [6.45, 7) is 0.195. The molecule has 0 aliphatic rings. The van der Waals surface area contributed by atoms with E-state index in [0.29, 0.717) is 29.5 Å². The predicted molar refractivity (Wildman–Crippen MR) is 107 cm³/mol. The van der Waals surface area contributed by atoms with E-state index >= 15 is 0 Å². The van der Waals surface area contributed by atoms with Gasteiger partial charge in [0.1, 0.15) is 6.54 Å². The van der Waals surface area contributed by atoms with E-state index in [4.69, 9.17) is 25.8 Å². The van der Waals surface area contributed by atoms with Crippen LogP contribution in [0.5, 0.6) is 11.5 Å². The molecule has 2 aromatic carbocycles. The molecular weight excluding hydrogens is 382 g/mol. The lowest BCUT2D eigenvalue weighted by molar-refractivity contribution is -0.147. The van der Waals surface area contributed by atoms with Crippen molar-refractivity contribution in [2.45, 2.75) is 19.4 Å². The number of benzene rings is 2. The molecule has 0 aliphatic heterocycles. The van der Waals surface area contributed by atoms with E-state index in [2.05, 4.69) is 0 Å². The quantitative estimate of drug-likeness (QED) is 0.597. The predicted octanol–water partition coefficient (Wildman–Crippen LogP) is 3.49. The SMILES string of the molecule is COC(=O)CN(Cc1ccc(Cl)cc1)C(=O)CCc1ccc(OC)c(OC)c1. The summed E-state index contributed by atoms with van der Waals surface area (Å²) in [5, 5.41) is 0.614. The van der Waals surface area contributed by atoms with Crippen molar-refractivity contribution in [2.24, 2.45) is 0 Å². The number of amides is 1. The van der Waals surface area contributed by atoms with Crippen LogP contribution in [0.2, 0.25) is 5.02 Å². The van der Waals surface area contributed by atoms with E-state index in [1.165, 1.54) is 12.0 Å². The van der Waals surface area contributed by atoms with Crippen LogP contribution < -0.4 is 9.47 Å². The summed E-state index contributed by atoms with van der Waals surface area (Å²) in [4.78, 5) is 26.0. The van der Waals surface area contributed by atoms with Gasteiger partial charge in [-0.15, -0.1) is 0 Å². The Hall–Kier alpha value is -2.73. The van der Waals surface area contributed by atoms with Crippen LogP contribution >= 0.6 is 11.6 Å². The first-order chi connectivity index (χ1) is 13.5. The molecule has 28 heavy (non-hydrogen) atoms. The van der Waals surface area contributed by atoms with Gasteiger partial charge in [0, 0.05) is 18.0 Å². The fourth-order valence-electron chi connectivity index (χ4n) is 2.71. The Morgan fingerprint density at radius 1 is 0.929 bits per heavy atom. The molecule has 0 spiro atoms. The second-order valence-corrected chi connectivity index (χ2v) is 6.58. The number of hydrogen-bond acceptors (Lipinski definition) is 5. The largest absolute Gasteiger partial charge is 0.493 e. The molecule has 150 valence electrons. The van der Waals surface area contributed by atoms with E-state index < -0.39 is 5.97 Å². The molecule has 0 aliphatic carbocycles. The van der Waals surface area contributed by atoms with Crippen molar-refractivity contribution in [1.29, 1.82) is 0 Å². The van der Waals surface area contributed by atoms with Gasteiger partial charge in [-0.3, -0.25) is 9.59 Å². The molecule has 2 aromatic rings. The summed E-state index contributed by atoms with van der Waals surface area (Å²) in [6, 6.07) is 12.7. The van der Waals surface area contributed by atoms with Crippen molar-refractivity contribution < 1.29 is 23.8 Å². The highest BCUT2D eigenvalue weighted by Crippen LogP contribution is 2.28. The Kier molecular flexibility index (Phi) is 8.14. The zero-order valence-electron chi connectivity index (χ0n) is 16.2. The molecule has 2 rings (SSSR count). The van der Waals surface area contributed by atoms with Crippen molar-refractivity contribution >= 4 is 23.5 Å². The Balaban J connectivity index is 2.06. The van der Waals surface area contributed by atoms with Crippen LogP contribution in [0.15, 0.2) is 42.5 Å². The maximum atomic E-state index is 12.8. The number of esters is 1. The van der Waals surface area contributed by atoms with Crippen molar-refractivity contribution in [3.63, 3.8) is 0 Å². The highest BCUT2D eigenvalue weighted by Gasteiger charge is 2.18. The van der Waals surface area contributed by atoms with Gasteiger partial charge in [0.15, 0.2) is 11.5 Å². The maximum Gasteiger partial charge on any atom is 0.325 e. The van der Waals surface area contributed by atoms with Gasteiger partial charge in [-0.1, -0.05) is 29.8 Å². The van der Waals surface area contributed by atoms with Gasteiger partial charge >= 0.3 is 5.97 Å². The minimum absolute atomic E-state index is 0.107. The average molecular weight is 406 g/mol. The number of hydrogen-bond donors (Lipinski definition) is 0. The fraction of sp³-hybridized carbons (Fsp3) is 0.333. The first-order valence-electron chi connectivity index (χ1n) is 8.76. The summed E-state index contributed by atoms with van der Waals surface area (Å²) in [7, 11) is 4.44. The molecule has 0 heterocycles. The minimum atomic E-state index is -0.464. The summed E-state index contributed by atoms with van der Waals surface area (Å²) in [5.41, 5.74) is 1.82. The normalized spacial score (nSPS) is 10.3. The van der Waals surface area contributed by atoms with Crippen LogP contribution in [0, 0.1) is 0 Å². The van der Waals surface area contributed by atoms with Crippen molar-refractivity contribution in [3.8, 4) is 11.5 Å². The zero-order valence-corrected chi connectivity index (χ0v) is 17.0. The van der Waals surface area contributed by atoms with Gasteiger partial charge in [-0.05, 0) is 41.8 Å². The van der Waals surface area contributed by atoms with Crippen LogP contribution in [0.1, 0.15) is 17.5 Å².